The first-order chi connectivity index (χ1) is 6.74. The smallest absolute Gasteiger partial charge is 0.305 e. The average Bonchev–Trinajstić information content (AvgIpc) is 2.18. The highest BCUT2D eigenvalue weighted by atomic mass is 16.5. The largest absolute Gasteiger partial charge is 0.481 e. The third kappa shape index (κ3) is 3.66. The van der Waals surface area contributed by atoms with Crippen LogP contribution in [0.5, 0.6) is 0 Å². The second-order valence-electron chi connectivity index (χ2n) is 3.99. The van der Waals surface area contributed by atoms with E-state index < -0.39 is 5.97 Å². The molecule has 3 heteroatoms. The van der Waals surface area contributed by atoms with E-state index in [1.807, 2.05) is 6.92 Å². The summed E-state index contributed by atoms with van der Waals surface area (Å²) in [6.45, 7) is 2.55. The molecule has 0 bridgehead atoms. The van der Waals surface area contributed by atoms with Crippen molar-refractivity contribution < 1.29 is 14.6 Å². The molecule has 0 aromatic rings. The third-order valence-electron chi connectivity index (χ3n) is 2.93. The predicted octanol–water partition coefficient (Wildman–Crippen LogP) is 2.45. The minimum Gasteiger partial charge on any atom is -0.481 e. The van der Waals surface area contributed by atoms with Crippen molar-refractivity contribution in [1.29, 1.82) is 0 Å². The van der Waals surface area contributed by atoms with Crippen molar-refractivity contribution in [2.24, 2.45) is 5.92 Å². The zero-order chi connectivity index (χ0) is 10.4. The summed E-state index contributed by atoms with van der Waals surface area (Å²) >= 11 is 0. The Morgan fingerprint density at radius 2 is 2.07 bits per heavy atom. The maximum Gasteiger partial charge on any atom is 0.305 e. The molecule has 14 heavy (non-hydrogen) atoms. The monoisotopic (exact) mass is 200 g/mol. The van der Waals surface area contributed by atoms with Crippen LogP contribution in [0, 0.1) is 5.92 Å². The first-order valence-electron chi connectivity index (χ1n) is 5.57. The molecule has 0 heterocycles. The quantitative estimate of drug-likeness (QED) is 0.741. The highest BCUT2D eigenvalue weighted by Crippen LogP contribution is 2.29. The van der Waals surface area contributed by atoms with E-state index in [4.69, 9.17) is 9.84 Å². The summed E-state index contributed by atoms with van der Waals surface area (Å²) in [5.41, 5.74) is 0. The Morgan fingerprint density at radius 3 is 2.57 bits per heavy atom. The molecule has 1 unspecified atom stereocenters. The molecule has 0 aliphatic heterocycles. The molecule has 1 aliphatic carbocycles. The van der Waals surface area contributed by atoms with E-state index in [9.17, 15) is 4.79 Å². The van der Waals surface area contributed by atoms with Gasteiger partial charge in [-0.15, -0.1) is 0 Å². The molecule has 1 saturated carbocycles. The van der Waals surface area contributed by atoms with Crippen molar-refractivity contribution >= 4 is 5.97 Å². The van der Waals surface area contributed by atoms with Crippen LogP contribution in [-0.2, 0) is 9.53 Å². The van der Waals surface area contributed by atoms with Gasteiger partial charge in [-0.2, -0.15) is 0 Å². The summed E-state index contributed by atoms with van der Waals surface area (Å²) in [4.78, 5) is 10.6. The van der Waals surface area contributed by atoms with Gasteiger partial charge in [0.15, 0.2) is 0 Å². The van der Waals surface area contributed by atoms with Crippen molar-refractivity contribution in [3.63, 3.8) is 0 Å². The number of hydrogen-bond acceptors (Lipinski definition) is 2. The summed E-state index contributed by atoms with van der Waals surface area (Å²) in [7, 11) is 0. The lowest BCUT2D eigenvalue weighted by Gasteiger charge is -2.28. The van der Waals surface area contributed by atoms with Gasteiger partial charge in [0.1, 0.15) is 0 Å². The fourth-order valence-corrected chi connectivity index (χ4v) is 2.25. The summed E-state index contributed by atoms with van der Waals surface area (Å²) in [6.07, 6.45) is 6.14. The number of hydrogen-bond donors (Lipinski definition) is 1. The maximum absolute atomic E-state index is 10.6. The number of carboxylic acids is 1. The summed E-state index contributed by atoms with van der Waals surface area (Å²) < 4.78 is 5.51. The molecule has 0 spiro atoms. The van der Waals surface area contributed by atoms with Crippen LogP contribution in [-0.4, -0.2) is 23.8 Å². The van der Waals surface area contributed by atoms with E-state index in [0.717, 1.165) is 12.8 Å². The van der Waals surface area contributed by atoms with Crippen LogP contribution in [0.1, 0.15) is 45.4 Å². The Bertz CT molecular complexity index is 173. The minimum atomic E-state index is -0.742. The van der Waals surface area contributed by atoms with Gasteiger partial charge in [-0.3, -0.25) is 4.79 Å². The number of carboxylic acid groups (broad SMARTS) is 1. The molecule has 0 aromatic carbocycles. The van der Waals surface area contributed by atoms with Crippen LogP contribution in [0.4, 0.5) is 0 Å². The molecule has 0 saturated heterocycles. The second-order valence-corrected chi connectivity index (χ2v) is 3.99. The zero-order valence-electron chi connectivity index (χ0n) is 8.87. The van der Waals surface area contributed by atoms with Crippen LogP contribution >= 0.6 is 0 Å². The highest BCUT2D eigenvalue weighted by molar-refractivity contribution is 5.67. The molecule has 0 aromatic heterocycles. The topological polar surface area (TPSA) is 46.5 Å². The van der Waals surface area contributed by atoms with Crippen molar-refractivity contribution in [3.05, 3.63) is 0 Å². The maximum atomic E-state index is 10.6. The molecule has 1 aliphatic rings. The summed E-state index contributed by atoms with van der Waals surface area (Å²) in [6, 6.07) is 0. The Morgan fingerprint density at radius 1 is 1.43 bits per heavy atom. The molecule has 1 fully saturated rings. The molecular formula is C11H20O3. The summed E-state index contributed by atoms with van der Waals surface area (Å²) in [5, 5.41) is 8.76. The van der Waals surface area contributed by atoms with Crippen molar-refractivity contribution in [2.45, 2.75) is 51.6 Å². The van der Waals surface area contributed by atoms with E-state index in [1.54, 1.807) is 0 Å². The van der Waals surface area contributed by atoms with Crippen LogP contribution < -0.4 is 0 Å². The molecule has 1 atom stereocenters. The number of aliphatic carboxylic acids is 1. The van der Waals surface area contributed by atoms with E-state index in [2.05, 4.69) is 0 Å². The van der Waals surface area contributed by atoms with Gasteiger partial charge in [0.25, 0.3) is 0 Å². The predicted molar refractivity (Wildman–Crippen MR) is 54.2 cm³/mol. The van der Waals surface area contributed by atoms with Gasteiger partial charge in [0.2, 0.25) is 0 Å². The van der Waals surface area contributed by atoms with Crippen molar-refractivity contribution in [2.75, 3.05) is 6.61 Å². The average molecular weight is 200 g/mol. The van der Waals surface area contributed by atoms with Crippen LogP contribution in [0.3, 0.4) is 0 Å². The molecule has 3 nitrogen and oxygen atoms in total. The molecule has 82 valence electrons. The molecule has 1 N–H and O–H groups in total. The van der Waals surface area contributed by atoms with Gasteiger partial charge in [-0.1, -0.05) is 19.3 Å². The fraction of sp³-hybridized carbons (Fsp3) is 0.909. The lowest BCUT2D eigenvalue weighted by molar-refractivity contribution is -0.141. The number of carbonyl (C=O) groups is 1. The SMILES string of the molecule is CCOC(CC(=O)O)C1CCCCC1. The van der Waals surface area contributed by atoms with E-state index in [-0.39, 0.29) is 12.5 Å². The molecular weight excluding hydrogens is 180 g/mol. The summed E-state index contributed by atoms with van der Waals surface area (Å²) in [5.74, 6) is -0.270. The lowest BCUT2D eigenvalue weighted by atomic mass is 9.84. The number of rotatable bonds is 5. The van der Waals surface area contributed by atoms with Crippen molar-refractivity contribution in [1.82, 2.24) is 0 Å². The second kappa shape index (κ2) is 6.02. The lowest BCUT2D eigenvalue weighted by Crippen LogP contribution is -2.28. The molecule has 0 amide bonds. The normalized spacial score (nSPS) is 20.6. The van der Waals surface area contributed by atoms with Gasteiger partial charge in [0, 0.05) is 6.61 Å². The van der Waals surface area contributed by atoms with Crippen molar-refractivity contribution in [3.8, 4) is 0 Å². The number of ether oxygens (including phenoxy) is 1. The molecule has 1 rings (SSSR count). The first-order valence-corrected chi connectivity index (χ1v) is 5.57. The third-order valence-corrected chi connectivity index (χ3v) is 2.93. The van der Waals surface area contributed by atoms with Gasteiger partial charge >= 0.3 is 5.97 Å². The van der Waals surface area contributed by atoms with Crippen LogP contribution in [0.25, 0.3) is 0 Å². The van der Waals surface area contributed by atoms with Gasteiger partial charge in [-0.25, -0.2) is 0 Å². The fourth-order valence-electron chi connectivity index (χ4n) is 2.25. The standard InChI is InChI=1S/C11H20O3/c1-2-14-10(8-11(12)13)9-6-4-3-5-7-9/h9-10H,2-8H2,1H3,(H,12,13). The van der Waals surface area contributed by atoms with Crippen LogP contribution in [0.2, 0.25) is 0 Å². The minimum absolute atomic E-state index is 0.0576. The van der Waals surface area contributed by atoms with Gasteiger partial charge in [-0.05, 0) is 25.7 Å². The van der Waals surface area contributed by atoms with Gasteiger partial charge < -0.3 is 9.84 Å². The molecule has 0 radical (unpaired) electrons. The Hall–Kier alpha value is -0.570. The Labute approximate surface area is 85.5 Å². The van der Waals surface area contributed by atoms with E-state index in [1.165, 1.54) is 19.3 Å². The van der Waals surface area contributed by atoms with E-state index in [0.29, 0.717) is 12.5 Å². The first kappa shape index (κ1) is 11.5. The van der Waals surface area contributed by atoms with Crippen LogP contribution in [0.15, 0.2) is 0 Å². The Balaban J connectivity index is 2.42. The Kier molecular flexibility index (Phi) is 4.94. The van der Waals surface area contributed by atoms with E-state index >= 15 is 0 Å². The highest BCUT2D eigenvalue weighted by Gasteiger charge is 2.25. The van der Waals surface area contributed by atoms with Gasteiger partial charge in [0.05, 0.1) is 12.5 Å². The zero-order valence-corrected chi connectivity index (χ0v) is 8.87.